The molecule has 0 atom stereocenters. The molecule has 2 aromatic rings. The van der Waals surface area contributed by atoms with Crippen molar-refractivity contribution in [3.8, 4) is 0 Å². The molecule has 0 unspecified atom stereocenters. The number of aryl methyl sites for hydroxylation is 1. The van der Waals surface area contributed by atoms with Gasteiger partial charge >= 0.3 is 0 Å². The van der Waals surface area contributed by atoms with Gasteiger partial charge in [-0.25, -0.2) is 0 Å². The van der Waals surface area contributed by atoms with E-state index in [0.29, 0.717) is 18.7 Å². The van der Waals surface area contributed by atoms with Crippen molar-refractivity contribution in [1.29, 1.82) is 0 Å². The molecule has 0 bridgehead atoms. The number of hydrogen-bond acceptors (Lipinski definition) is 2. The average Bonchev–Trinajstić information content (AvgIpc) is 2.42. The van der Waals surface area contributed by atoms with E-state index >= 15 is 0 Å². The number of nitrogen functional groups attached to an aromatic ring is 1. The highest BCUT2D eigenvalue weighted by atomic mass is 16.2. The molecule has 0 aromatic heterocycles. The molecule has 0 spiro atoms. The van der Waals surface area contributed by atoms with E-state index in [0.717, 1.165) is 16.8 Å². The summed E-state index contributed by atoms with van der Waals surface area (Å²) in [5.74, 6) is 0.0902. The number of nitrogens with two attached hydrogens (primary N) is 1. The Labute approximate surface area is 120 Å². The van der Waals surface area contributed by atoms with Gasteiger partial charge in [-0.05, 0) is 43.2 Å². The smallest absolute Gasteiger partial charge is 0.231 e. The average molecular weight is 268 g/mol. The van der Waals surface area contributed by atoms with E-state index in [4.69, 9.17) is 5.73 Å². The fourth-order valence-electron chi connectivity index (χ4n) is 2.26. The molecule has 3 heteroatoms. The number of carbonyl (C=O) groups excluding carboxylic acids is 1. The fraction of sp³-hybridized carbons (Fsp3) is 0.235. The molecule has 0 saturated carbocycles. The predicted molar refractivity (Wildman–Crippen MR) is 83.8 cm³/mol. The maximum absolute atomic E-state index is 12.5. The van der Waals surface area contributed by atoms with Crippen molar-refractivity contribution >= 4 is 17.3 Å². The first-order valence-electron chi connectivity index (χ1n) is 6.82. The van der Waals surface area contributed by atoms with E-state index in [1.54, 1.807) is 4.90 Å². The van der Waals surface area contributed by atoms with Crippen molar-refractivity contribution in [1.82, 2.24) is 0 Å². The molecule has 0 aliphatic carbocycles. The standard InChI is InChI=1S/C17H20N2O/c1-3-19(16-10-6-9-15(18)12-16)17(20)11-14-8-5-4-7-13(14)2/h4-10,12H,3,11,18H2,1-2H3. The normalized spacial score (nSPS) is 10.3. The number of anilines is 2. The lowest BCUT2D eigenvalue weighted by Gasteiger charge is -2.22. The van der Waals surface area contributed by atoms with E-state index in [2.05, 4.69) is 0 Å². The third-order valence-corrected chi connectivity index (χ3v) is 3.40. The molecule has 2 rings (SSSR count). The van der Waals surface area contributed by atoms with Gasteiger partial charge in [-0.15, -0.1) is 0 Å². The third-order valence-electron chi connectivity index (χ3n) is 3.40. The van der Waals surface area contributed by atoms with E-state index in [9.17, 15) is 4.79 Å². The zero-order valence-electron chi connectivity index (χ0n) is 12.0. The number of amides is 1. The summed E-state index contributed by atoms with van der Waals surface area (Å²) in [4.78, 5) is 14.3. The molecule has 0 saturated heterocycles. The molecule has 0 fully saturated rings. The minimum atomic E-state index is 0.0902. The summed E-state index contributed by atoms with van der Waals surface area (Å²) in [5.41, 5.74) is 9.53. The molecule has 1 amide bonds. The second-order valence-electron chi connectivity index (χ2n) is 4.84. The molecule has 104 valence electrons. The Hall–Kier alpha value is -2.29. The number of carbonyl (C=O) groups is 1. The maximum atomic E-state index is 12.5. The van der Waals surface area contributed by atoms with E-state index < -0.39 is 0 Å². The van der Waals surface area contributed by atoms with Crippen LogP contribution in [0.2, 0.25) is 0 Å². The molecule has 2 N–H and O–H groups in total. The van der Waals surface area contributed by atoms with Crippen LogP contribution in [0.1, 0.15) is 18.1 Å². The molecule has 2 aromatic carbocycles. The van der Waals surface area contributed by atoms with Crippen molar-refractivity contribution < 1.29 is 4.79 Å². The molecule has 3 nitrogen and oxygen atoms in total. The van der Waals surface area contributed by atoms with Crippen LogP contribution in [0.3, 0.4) is 0 Å². The summed E-state index contributed by atoms with van der Waals surface area (Å²) >= 11 is 0. The highest BCUT2D eigenvalue weighted by Gasteiger charge is 2.15. The van der Waals surface area contributed by atoms with Crippen molar-refractivity contribution in [2.45, 2.75) is 20.3 Å². The monoisotopic (exact) mass is 268 g/mol. The Morgan fingerprint density at radius 2 is 1.90 bits per heavy atom. The minimum absolute atomic E-state index is 0.0902. The largest absolute Gasteiger partial charge is 0.399 e. The Morgan fingerprint density at radius 1 is 1.15 bits per heavy atom. The number of hydrogen-bond donors (Lipinski definition) is 1. The van der Waals surface area contributed by atoms with Gasteiger partial charge in [0, 0.05) is 17.9 Å². The first kappa shape index (κ1) is 14.1. The number of rotatable bonds is 4. The van der Waals surface area contributed by atoms with E-state index in [-0.39, 0.29) is 5.91 Å². The maximum Gasteiger partial charge on any atom is 0.231 e. The zero-order valence-corrected chi connectivity index (χ0v) is 12.0. The summed E-state index contributed by atoms with van der Waals surface area (Å²) in [6.45, 7) is 4.63. The Morgan fingerprint density at radius 3 is 2.55 bits per heavy atom. The molecule has 0 radical (unpaired) electrons. The molecule has 0 aliphatic heterocycles. The summed E-state index contributed by atoms with van der Waals surface area (Å²) in [5, 5.41) is 0. The lowest BCUT2D eigenvalue weighted by molar-refractivity contribution is -0.117. The lowest BCUT2D eigenvalue weighted by Crippen LogP contribution is -2.32. The van der Waals surface area contributed by atoms with Gasteiger partial charge in [-0.1, -0.05) is 30.3 Å². The summed E-state index contributed by atoms with van der Waals surface area (Å²) in [6, 6.07) is 15.4. The van der Waals surface area contributed by atoms with Gasteiger partial charge in [0.2, 0.25) is 5.91 Å². The number of likely N-dealkylation sites (N-methyl/N-ethyl adjacent to an activating group) is 1. The van der Waals surface area contributed by atoms with Crippen LogP contribution in [0, 0.1) is 6.92 Å². The summed E-state index contributed by atoms with van der Waals surface area (Å²) < 4.78 is 0. The Bertz CT molecular complexity index is 607. The highest BCUT2D eigenvalue weighted by molar-refractivity contribution is 5.95. The van der Waals surface area contributed by atoms with Gasteiger partial charge in [0.15, 0.2) is 0 Å². The van der Waals surface area contributed by atoms with Gasteiger partial charge in [-0.3, -0.25) is 4.79 Å². The summed E-state index contributed by atoms with van der Waals surface area (Å²) in [6.07, 6.45) is 0.412. The first-order chi connectivity index (χ1) is 9.61. The van der Waals surface area contributed by atoms with E-state index in [1.165, 1.54) is 0 Å². The topological polar surface area (TPSA) is 46.3 Å². The molecule has 0 aliphatic rings. The van der Waals surface area contributed by atoms with Crippen molar-refractivity contribution in [3.05, 3.63) is 59.7 Å². The second kappa shape index (κ2) is 6.24. The molecule has 0 heterocycles. The van der Waals surface area contributed by atoms with Crippen LogP contribution in [0.4, 0.5) is 11.4 Å². The van der Waals surface area contributed by atoms with Gasteiger partial charge in [0.25, 0.3) is 0 Å². The molecular formula is C17H20N2O. The van der Waals surface area contributed by atoms with Crippen LogP contribution in [0.25, 0.3) is 0 Å². The van der Waals surface area contributed by atoms with Gasteiger partial charge < -0.3 is 10.6 Å². The Kier molecular flexibility index (Phi) is 4.41. The Balaban J connectivity index is 2.20. The van der Waals surface area contributed by atoms with Crippen LogP contribution in [0.5, 0.6) is 0 Å². The van der Waals surface area contributed by atoms with Crippen LogP contribution < -0.4 is 10.6 Å². The molecule has 20 heavy (non-hydrogen) atoms. The van der Waals surface area contributed by atoms with Gasteiger partial charge in [0.05, 0.1) is 6.42 Å². The second-order valence-corrected chi connectivity index (χ2v) is 4.84. The van der Waals surface area contributed by atoms with Gasteiger partial charge in [-0.2, -0.15) is 0 Å². The number of benzene rings is 2. The van der Waals surface area contributed by atoms with Crippen LogP contribution in [-0.4, -0.2) is 12.5 Å². The van der Waals surface area contributed by atoms with Gasteiger partial charge in [0.1, 0.15) is 0 Å². The number of nitrogens with zero attached hydrogens (tertiary/aromatic N) is 1. The third kappa shape index (κ3) is 3.18. The fourth-order valence-corrected chi connectivity index (χ4v) is 2.26. The van der Waals surface area contributed by atoms with Crippen LogP contribution in [-0.2, 0) is 11.2 Å². The summed E-state index contributed by atoms with van der Waals surface area (Å²) in [7, 11) is 0. The lowest BCUT2D eigenvalue weighted by atomic mass is 10.1. The minimum Gasteiger partial charge on any atom is -0.399 e. The van der Waals surface area contributed by atoms with E-state index in [1.807, 2.05) is 62.4 Å². The zero-order chi connectivity index (χ0) is 14.5. The van der Waals surface area contributed by atoms with Crippen molar-refractivity contribution in [2.24, 2.45) is 0 Å². The quantitative estimate of drug-likeness (QED) is 0.866. The van der Waals surface area contributed by atoms with Crippen molar-refractivity contribution in [3.63, 3.8) is 0 Å². The SMILES string of the molecule is CCN(C(=O)Cc1ccccc1C)c1cccc(N)c1. The molecular weight excluding hydrogens is 248 g/mol. The first-order valence-corrected chi connectivity index (χ1v) is 6.82. The van der Waals surface area contributed by atoms with Crippen molar-refractivity contribution in [2.75, 3.05) is 17.2 Å². The highest BCUT2D eigenvalue weighted by Crippen LogP contribution is 2.19. The predicted octanol–water partition coefficient (Wildman–Crippen LogP) is 3.17. The van der Waals surface area contributed by atoms with Crippen LogP contribution in [0.15, 0.2) is 48.5 Å². The van der Waals surface area contributed by atoms with Crippen LogP contribution >= 0.6 is 0 Å².